The van der Waals surface area contributed by atoms with Crippen LogP contribution in [0.5, 0.6) is 0 Å². The average Bonchev–Trinajstić information content (AvgIpc) is 2.48. The summed E-state index contributed by atoms with van der Waals surface area (Å²) in [6.07, 6.45) is -5.22. The van der Waals surface area contributed by atoms with E-state index < -0.39 is 42.9 Å². The third-order valence-corrected chi connectivity index (χ3v) is 2.49. The van der Waals surface area contributed by atoms with Gasteiger partial charge in [-0.2, -0.15) is 13.2 Å². The number of esters is 2. The fraction of sp³-hybridized carbons (Fsp3) is 0.308. The van der Waals surface area contributed by atoms with Crippen LogP contribution in [0.15, 0.2) is 18.2 Å². The van der Waals surface area contributed by atoms with E-state index in [0.29, 0.717) is 0 Å². The molecular formula is C13H11F3O7. The number of hydrogen-bond donors (Lipinski definition) is 2. The Morgan fingerprint density at radius 1 is 1.13 bits per heavy atom. The average molecular weight is 336 g/mol. The number of hydrogen-bond acceptors (Lipinski definition) is 6. The lowest BCUT2D eigenvalue weighted by Crippen LogP contribution is -2.25. The van der Waals surface area contributed by atoms with Crippen molar-refractivity contribution in [2.75, 3.05) is 13.2 Å². The highest BCUT2D eigenvalue weighted by Gasteiger charge is 2.41. The number of aromatic carboxylic acids is 1. The van der Waals surface area contributed by atoms with E-state index in [1.54, 1.807) is 0 Å². The smallest absolute Gasteiger partial charge is 0.478 e. The number of aliphatic hydroxyl groups excluding tert-OH is 1. The lowest BCUT2D eigenvalue weighted by atomic mass is 10.0. The van der Waals surface area contributed by atoms with E-state index in [4.69, 9.17) is 10.2 Å². The van der Waals surface area contributed by atoms with Gasteiger partial charge in [-0.25, -0.2) is 14.4 Å². The largest absolute Gasteiger partial charge is 0.490 e. The first-order valence-electron chi connectivity index (χ1n) is 6.05. The van der Waals surface area contributed by atoms with Crippen LogP contribution >= 0.6 is 0 Å². The van der Waals surface area contributed by atoms with E-state index in [-0.39, 0.29) is 17.7 Å². The van der Waals surface area contributed by atoms with Crippen molar-refractivity contribution in [1.82, 2.24) is 0 Å². The number of halogens is 3. The highest BCUT2D eigenvalue weighted by atomic mass is 19.4. The highest BCUT2D eigenvalue weighted by molar-refractivity contribution is 5.94. The normalized spacial score (nSPS) is 11.0. The number of carbonyl (C=O) groups is 3. The Labute approximate surface area is 127 Å². The summed E-state index contributed by atoms with van der Waals surface area (Å²) in [5.74, 6) is -4.88. The second-order valence-electron chi connectivity index (χ2n) is 4.11. The maximum atomic E-state index is 12.1. The lowest BCUT2D eigenvalue weighted by molar-refractivity contribution is -0.201. The van der Waals surface area contributed by atoms with Crippen LogP contribution < -0.4 is 0 Å². The summed E-state index contributed by atoms with van der Waals surface area (Å²) >= 11 is 0. The van der Waals surface area contributed by atoms with E-state index in [0.717, 1.165) is 18.2 Å². The summed E-state index contributed by atoms with van der Waals surface area (Å²) in [5, 5.41) is 17.5. The Kier molecular flexibility index (Phi) is 6.08. The van der Waals surface area contributed by atoms with Gasteiger partial charge in [0.05, 0.1) is 17.7 Å². The molecule has 0 aromatic heterocycles. The number of carbonyl (C=O) groups excluding carboxylic acids is 2. The van der Waals surface area contributed by atoms with Crippen LogP contribution in [0.1, 0.15) is 26.3 Å². The van der Waals surface area contributed by atoms with Gasteiger partial charge in [0, 0.05) is 5.56 Å². The molecular weight excluding hydrogens is 325 g/mol. The quantitative estimate of drug-likeness (QED) is 0.750. The Morgan fingerprint density at radius 3 is 2.30 bits per heavy atom. The van der Waals surface area contributed by atoms with Gasteiger partial charge >= 0.3 is 24.1 Å². The molecule has 0 aliphatic rings. The van der Waals surface area contributed by atoms with Crippen LogP contribution in [-0.2, 0) is 20.9 Å². The second kappa shape index (κ2) is 7.58. The summed E-state index contributed by atoms with van der Waals surface area (Å²) < 4.78 is 44.8. The van der Waals surface area contributed by atoms with Crippen molar-refractivity contribution in [3.8, 4) is 0 Å². The van der Waals surface area contributed by atoms with Crippen molar-refractivity contribution in [3.05, 3.63) is 34.9 Å². The summed E-state index contributed by atoms with van der Waals surface area (Å²) in [7, 11) is 0. The molecule has 0 aliphatic carbocycles. The first kappa shape index (κ1) is 18.4. The van der Waals surface area contributed by atoms with Gasteiger partial charge < -0.3 is 19.7 Å². The minimum Gasteiger partial charge on any atom is -0.478 e. The fourth-order valence-corrected chi connectivity index (χ4v) is 1.50. The van der Waals surface area contributed by atoms with Crippen molar-refractivity contribution >= 4 is 17.9 Å². The molecule has 0 amide bonds. The molecule has 23 heavy (non-hydrogen) atoms. The molecule has 0 radical (unpaired) electrons. The van der Waals surface area contributed by atoms with Crippen molar-refractivity contribution in [3.63, 3.8) is 0 Å². The number of benzene rings is 1. The molecule has 0 atom stereocenters. The predicted molar refractivity (Wildman–Crippen MR) is 66.6 cm³/mol. The third-order valence-electron chi connectivity index (χ3n) is 2.49. The molecule has 126 valence electrons. The molecule has 0 fully saturated rings. The van der Waals surface area contributed by atoms with Crippen LogP contribution in [0.3, 0.4) is 0 Å². The van der Waals surface area contributed by atoms with Crippen LogP contribution in [0.4, 0.5) is 13.2 Å². The van der Waals surface area contributed by atoms with Gasteiger partial charge in [0.25, 0.3) is 0 Å². The number of carboxylic acids is 1. The molecule has 0 aliphatic heterocycles. The number of aliphatic hydroxyl groups is 1. The molecule has 0 saturated heterocycles. The summed E-state index contributed by atoms with van der Waals surface area (Å²) in [4.78, 5) is 33.2. The van der Waals surface area contributed by atoms with Gasteiger partial charge in [-0.1, -0.05) is 0 Å². The molecule has 2 N–H and O–H groups in total. The van der Waals surface area contributed by atoms with Crippen molar-refractivity contribution < 1.29 is 47.2 Å². The van der Waals surface area contributed by atoms with Crippen molar-refractivity contribution in [2.45, 2.75) is 12.8 Å². The van der Waals surface area contributed by atoms with E-state index in [1.807, 2.05) is 0 Å². The molecule has 1 aromatic rings. The Balaban J connectivity index is 3.00. The standard InChI is InChI=1S/C13H11F3O7/c14-13(15,16)12(21)23-6-8-5-7(11(20)22-4-3-17)1-2-9(8)10(18)19/h1-2,5,17H,3-4,6H2,(H,18,19). The van der Waals surface area contributed by atoms with Gasteiger partial charge in [-0.3, -0.25) is 0 Å². The molecule has 1 aromatic carbocycles. The molecule has 7 nitrogen and oxygen atoms in total. The minimum absolute atomic E-state index is 0.165. The van der Waals surface area contributed by atoms with Gasteiger partial charge in [0.2, 0.25) is 0 Å². The molecule has 0 spiro atoms. The molecule has 0 unspecified atom stereocenters. The van der Waals surface area contributed by atoms with Crippen LogP contribution in [0, 0.1) is 0 Å². The first-order valence-corrected chi connectivity index (χ1v) is 6.05. The molecule has 10 heteroatoms. The van der Waals surface area contributed by atoms with Crippen LogP contribution in [0.25, 0.3) is 0 Å². The molecule has 0 saturated carbocycles. The number of ether oxygens (including phenoxy) is 2. The highest BCUT2D eigenvalue weighted by Crippen LogP contribution is 2.20. The van der Waals surface area contributed by atoms with Gasteiger partial charge in [0.1, 0.15) is 13.2 Å². The third kappa shape index (κ3) is 5.25. The van der Waals surface area contributed by atoms with E-state index in [9.17, 15) is 27.6 Å². The van der Waals surface area contributed by atoms with Gasteiger partial charge in [-0.05, 0) is 18.2 Å². The lowest BCUT2D eigenvalue weighted by Gasteiger charge is -2.11. The molecule has 0 heterocycles. The summed E-state index contributed by atoms with van der Waals surface area (Å²) in [5.41, 5.74) is -0.909. The maximum Gasteiger partial charge on any atom is 0.490 e. The zero-order chi connectivity index (χ0) is 17.6. The first-order chi connectivity index (χ1) is 10.7. The Bertz CT molecular complexity index is 610. The monoisotopic (exact) mass is 336 g/mol. The fourth-order valence-electron chi connectivity index (χ4n) is 1.50. The summed E-state index contributed by atoms with van der Waals surface area (Å²) in [6, 6.07) is 2.99. The number of rotatable bonds is 6. The predicted octanol–water partition coefficient (Wildman–Crippen LogP) is 1.14. The zero-order valence-electron chi connectivity index (χ0n) is 11.4. The summed E-state index contributed by atoms with van der Waals surface area (Å²) in [6.45, 7) is -1.73. The van der Waals surface area contributed by atoms with E-state index in [1.165, 1.54) is 0 Å². The van der Waals surface area contributed by atoms with Crippen molar-refractivity contribution in [2.24, 2.45) is 0 Å². The minimum atomic E-state index is -5.22. The van der Waals surface area contributed by atoms with Gasteiger partial charge in [-0.15, -0.1) is 0 Å². The zero-order valence-corrected chi connectivity index (χ0v) is 11.4. The van der Waals surface area contributed by atoms with Gasteiger partial charge in [0.15, 0.2) is 0 Å². The molecule has 0 bridgehead atoms. The van der Waals surface area contributed by atoms with Crippen LogP contribution in [-0.4, -0.2) is 47.5 Å². The van der Waals surface area contributed by atoms with E-state index >= 15 is 0 Å². The van der Waals surface area contributed by atoms with E-state index in [2.05, 4.69) is 9.47 Å². The Morgan fingerprint density at radius 2 is 1.78 bits per heavy atom. The topological polar surface area (TPSA) is 110 Å². The number of alkyl halides is 3. The SMILES string of the molecule is O=C(OCCO)c1ccc(C(=O)O)c(COC(=O)C(F)(F)F)c1. The van der Waals surface area contributed by atoms with Crippen molar-refractivity contribution in [1.29, 1.82) is 0 Å². The second-order valence-corrected chi connectivity index (χ2v) is 4.11. The molecule has 1 rings (SSSR count). The number of carboxylic acid groups (broad SMARTS) is 1. The van der Waals surface area contributed by atoms with Crippen LogP contribution in [0.2, 0.25) is 0 Å². The Hall–Kier alpha value is -2.62. The maximum absolute atomic E-state index is 12.1.